The van der Waals surface area contributed by atoms with Gasteiger partial charge in [-0.1, -0.05) is 24.3 Å². The number of carbonyl (C=O) groups excluding carboxylic acids is 1. The Morgan fingerprint density at radius 1 is 1.08 bits per heavy atom. The SMILES string of the molecule is CCOc1ccc(C=c2sc3n(c2=O)C(N)=C(C(=O)OC)[C@@H](c2ccc(OCC)cc2)C=3C#N)cc1. The van der Waals surface area contributed by atoms with Crippen molar-refractivity contribution in [3.8, 4) is 17.6 Å². The Morgan fingerprint density at radius 3 is 2.19 bits per heavy atom. The van der Waals surface area contributed by atoms with Crippen molar-refractivity contribution in [1.29, 1.82) is 5.26 Å². The van der Waals surface area contributed by atoms with Gasteiger partial charge in [0.25, 0.3) is 5.56 Å². The fourth-order valence-electron chi connectivity index (χ4n) is 4.10. The van der Waals surface area contributed by atoms with Crippen LogP contribution in [0.5, 0.6) is 11.5 Å². The molecule has 0 saturated heterocycles. The van der Waals surface area contributed by atoms with E-state index in [1.54, 1.807) is 30.3 Å². The maximum absolute atomic E-state index is 13.4. The number of thiazole rings is 1. The van der Waals surface area contributed by atoms with E-state index in [0.717, 1.165) is 22.6 Å². The fourth-order valence-corrected chi connectivity index (χ4v) is 5.22. The van der Waals surface area contributed by atoms with E-state index in [9.17, 15) is 14.9 Å². The van der Waals surface area contributed by atoms with Gasteiger partial charge in [0.15, 0.2) is 0 Å². The predicted molar refractivity (Wildman–Crippen MR) is 138 cm³/mol. The Bertz CT molecular complexity index is 1540. The molecule has 4 rings (SSSR count). The Labute approximate surface area is 211 Å². The molecule has 1 atom stereocenters. The number of nitrogens with two attached hydrogens (primary N) is 1. The van der Waals surface area contributed by atoms with E-state index in [2.05, 4.69) is 6.07 Å². The van der Waals surface area contributed by atoms with Gasteiger partial charge < -0.3 is 19.9 Å². The van der Waals surface area contributed by atoms with E-state index in [1.807, 2.05) is 38.1 Å². The van der Waals surface area contributed by atoms with Gasteiger partial charge in [-0.15, -0.1) is 11.3 Å². The summed E-state index contributed by atoms with van der Waals surface area (Å²) in [6.07, 6.45) is 1.72. The predicted octanol–water partition coefficient (Wildman–Crippen LogP) is 2.31. The number of carbonyl (C=O) groups is 1. The number of hydrogen-bond acceptors (Lipinski definition) is 8. The van der Waals surface area contributed by atoms with Gasteiger partial charge >= 0.3 is 5.97 Å². The summed E-state index contributed by atoms with van der Waals surface area (Å²) in [4.78, 5) is 26.2. The average Bonchev–Trinajstić information content (AvgIpc) is 3.21. The normalized spacial score (nSPS) is 15.3. The van der Waals surface area contributed by atoms with Crippen molar-refractivity contribution < 1.29 is 19.0 Å². The molecule has 36 heavy (non-hydrogen) atoms. The highest BCUT2D eigenvalue weighted by Gasteiger charge is 2.36. The summed E-state index contributed by atoms with van der Waals surface area (Å²) in [7, 11) is 1.24. The Hall–Kier alpha value is -4.29. The van der Waals surface area contributed by atoms with Crippen LogP contribution in [-0.4, -0.2) is 30.9 Å². The molecule has 0 radical (unpaired) electrons. The van der Waals surface area contributed by atoms with E-state index < -0.39 is 17.4 Å². The highest BCUT2D eigenvalue weighted by molar-refractivity contribution is 7.07. The summed E-state index contributed by atoms with van der Waals surface area (Å²) >= 11 is 1.15. The number of aromatic nitrogens is 1. The van der Waals surface area contributed by atoms with Crippen molar-refractivity contribution in [2.45, 2.75) is 19.8 Å². The van der Waals surface area contributed by atoms with Gasteiger partial charge in [0.2, 0.25) is 0 Å². The van der Waals surface area contributed by atoms with Crippen molar-refractivity contribution in [3.05, 3.63) is 84.8 Å². The summed E-state index contributed by atoms with van der Waals surface area (Å²) in [5.74, 6) is -0.172. The smallest absolute Gasteiger partial charge is 0.338 e. The molecule has 2 heterocycles. The molecule has 8 nitrogen and oxygen atoms in total. The molecule has 0 spiro atoms. The molecular formula is C27H25N3O5S. The Balaban J connectivity index is 1.94. The molecule has 1 aliphatic rings. The molecule has 0 fully saturated rings. The maximum Gasteiger partial charge on any atom is 0.338 e. The van der Waals surface area contributed by atoms with Crippen LogP contribution in [0.15, 0.2) is 58.9 Å². The first-order valence-corrected chi connectivity index (χ1v) is 12.2. The lowest BCUT2D eigenvalue weighted by atomic mass is 9.84. The van der Waals surface area contributed by atoms with Gasteiger partial charge in [0, 0.05) is 0 Å². The second-order valence-electron chi connectivity index (χ2n) is 7.81. The van der Waals surface area contributed by atoms with Crippen molar-refractivity contribution in [2.24, 2.45) is 5.73 Å². The van der Waals surface area contributed by atoms with E-state index >= 15 is 0 Å². The lowest BCUT2D eigenvalue weighted by Crippen LogP contribution is -2.40. The van der Waals surface area contributed by atoms with Crippen LogP contribution in [0.2, 0.25) is 0 Å². The summed E-state index contributed by atoms with van der Waals surface area (Å²) < 4.78 is 18.0. The average molecular weight is 504 g/mol. The standard InChI is InChI=1S/C27H25N3O5S/c1-4-34-18-10-6-16(7-11-18)14-21-25(31)30-24(29)23(27(32)33-3)22(20(15-28)26(30)36-21)17-8-12-19(13-9-17)35-5-2/h6-14,22H,4-5,29H2,1-3H3/t22-/m0/s1. The lowest BCUT2D eigenvalue weighted by Gasteiger charge is -2.24. The van der Waals surface area contributed by atoms with E-state index in [-0.39, 0.29) is 17.0 Å². The van der Waals surface area contributed by atoms with Crippen molar-refractivity contribution in [3.63, 3.8) is 0 Å². The largest absolute Gasteiger partial charge is 0.494 e. The van der Waals surface area contributed by atoms with Gasteiger partial charge in [-0.3, -0.25) is 9.36 Å². The van der Waals surface area contributed by atoms with Crippen LogP contribution in [0, 0.1) is 11.3 Å². The van der Waals surface area contributed by atoms with Crippen LogP contribution < -0.4 is 30.0 Å². The topological polar surface area (TPSA) is 117 Å². The second-order valence-corrected chi connectivity index (χ2v) is 8.84. The number of esters is 1. The zero-order chi connectivity index (χ0) is 25.8. The van der Waals surface area contributed by atoms with Crippen LogP contribution in [0.3, 0.4) is 0 Å². The van der Waals surface area contributed by atoms with Gasteiger partial charge in [0.05, 0.1) is 48.0 Å². The maximum atomic E-state index is 13.4. The zero-order valence-corrected chi connectivity index (χ0v) is 20.9. The first-order chi connectivity index (χ1) is 17.4. The molecule has 1 aromatic heterocycles. The number of nitriles is 1. The van der Waals surface area contributed by atoms with Crippen LogP contribution >= 0.6 is 11.3 Å². The number of hydrogen-bond donors (Lipinski definition) is 1. The minimum absolute atomic E-state index is 0.0400. The third-order valence-electron chi connectivity index (χ3n) is 5.69. The Kier molecular flexibility index (Phi) is 7.27. The summed E-state index contributed by atoms with van der Waals surface area (Å²) in [6.45, 7) is 4.85. The van der Waals surface area contributed by atoms with E-state index in [1.165, 1.54) is 11.7 Å². The van der Waals surface area contributed by atoms with E-state index in [0.29, 0.717) is 33.7 Å². The third kappa shape index (κ3) is 4.51. The first-order valence-electron chi connectivity index (χ1n) is 11.3. The van der Waals surface area contributed by atoms with Crippen molar-refractivity contribution in [2.75, 3.05) is 20.3 Å². The minimum atomic E-state index is -0.797. The monoisotopic (exact) mass is 503 g/mol. The molecule has 9 heteroatoms. The molecule has 0 aliphatic carbocycles. The van der Waals surface area contributed by atoms with Gasteiger partial charge in [-0.25, -0.2) is 4.79 Å². The first kappa shape index (κ1) is 24.8. The number of benzene rings is 2. The summed E-state index contributed by atoms with van der Waals surface area (Å²) in [6, 6.07) is 16.6. The van der Waals surface area contributed by atoms with Gasteiger partial charge in [0.1, 0.15) is 22.0 Å². The zero-order valence-electron chi connectivity index (χ0n) is 20.1. The van der Waals surface area contributed by atoms with Crippen LogP contribution in [0.4, 0.5) is 0 Å². The molecule has 2 aromatic carbocycles. The fraction of sp³-hybridized carbons (Fsp3) is 0.222. The number of rotatable bonds is 7. The summed E-state index contributed by atoms with van der Waals surface area (Å²) in [5, 5.41) is 10.2. The molecule has 0 bridgehead atoms. The number of fused-ring (bicyclic) bond motifs is 1. The van der Waals surface area contributed by atoms with Crippen LogP contribution in [0.25, 0.3) is 17.5 Å². The minimum Gasteiger partial charge on any atom is -0.494 e. The quantitative estimate of drug-likeness (QED) is 0.492. The van der Waals surface area contributed by atoms with Gasteiger partial charge in [-0.2, -0.15) is 5.26 Å². The molecule has 184 valence electrons. The number of methoxy groups -OCH3 is 1. The molecule has 1 aliphatic heterocycles. The third-order valence-corrected chi connectivity index (χ3v) is 6.80. The Morgan fingerprint density at radius 2 is 1.67 bits per heavy atom. The van der Waals surface area contributed by atoms with E-state index in [4.69, 9.17) is 19.9 Å². The van der Waals surface area contributed by atoms with Crippen molar-refractivity contribution in [1.82, 2.24) is 4.57 Å². The van der Waals surface area contributed by atoms with Crippen molar-refractivity contribution >= 4 is 34.8 Å². The molecule has 3 aromatic rings. The second kappa shape index (κ2) is 10.5. The van der Waals surface area contributed by atoms with Gasteiger partial charge in [-0.05, 0) is 55.3 Å². The lowest BCUT2D eigenvalue weighted by molar-refractivity contribution is -0.136. The molecular weight excluding hydrogens is 478 g/mol. The molecule has 0 unspecified atom stereocenters. The van der Waals surface area contributed by atoms with Crippen LogP contribution in [0.1, 0.15) is 30.9 Å². The highest BCUT2D eigenvalue weighted by atomic mass is 32.1. The highest BCUT2D eigenvalue weighted by Crippen LogP contribution is 2.37. The molecule has 2 N–H and O–H groups in total. The molecule has 0 amide bonds. The summed E-state index contributed by atoms with van der Waals surface area (Å²) in [5.41, 5.74) is 7.72. The molecule has 0 saturated carbocycles. The number of nitrogens with zero attached hydrogens (tertiary/aromatic N) is 2. The number of ether oxygens (including phenoxy) is 3. The van der Waals surface area contributed by atoms with Crippen LogP contribution in [-0.2, 0) is 9.53 Å².